The third-order valence-electron chi connectivity index (χ3n) is 2.16. The molecule has 0 aromatic heterocycles. The van der Waals surface area contributed by atoms with E-state index in [9.17, 15) is 13.9 Å². The quantitative estimate of drug-likeness (QED) is 0.654. The topological polar surface area (TPSA) is 20.2 Å². The molecule has 0 aliphatic carbocycles. The van der Waals surface area contributed by atoms with Crippen LogP contribution in [-0.4, -0.2) is 5.11 Å². The van der Waals surface area contributed by atoms with Crippen LogP contribution in [0.2, 0.25) is 0 Å². The molecule has 0 heterocycles. The predicted molar refractivity (Wildman–Crippen MR) is 53.5 cm³/mol. The molecule has 2 rings (SSSR count). The molecule has 0 aliphatic rings. The van der Waals surface area contributed by atoms with Crippen molar-refractivity contribution in [1.29, 1.82) is 0 Å². The van der Waals surface area contributed by atoms with Crippen LogP contribution >= 0.6 is 0 Å². The van der Waals surface area contributed by atoms with E-state index in [0.717, 1.165) is 6.07 Å². The van der Waals surface area contributed by atoms with Gasteiger partial charge in [0, 0.05) is 5.39 Å². The van der Waals surface area contributed by atoms with Crippen LogP contribution in [0, 0.1) is 24.0 Å². The number of terminal acetylenes is 1. The summed E-state index contributed by atoms with van der Waals surface area (Å²) in [5.74, 6) is 0.0401. The van der Waals surface area contributed by atoms with Gasteiger partial charge in [-0.05, 0) is 29.7 Å². The highest BCUT2D eigenvalue weighted by Crippen LogP contribution is 2.26. The molecule has 0 unspecified atom stereocenters. The number of benzene rings is 2. The molecule has 0 bridgehead atoms. The van der Waals surface area contributed by atoms with Crippen LogP contribution in [-0.2, 0) is 0 Å². The molecule has 1 nitrogen and oxygen atoms in total. The third-order valence-corrected chi connectivity index (χ3v) is 2.16. The normalized spacial score (nSPS) is 10.2. The first-order valence-electron chi connectivity index (χ1n) is 4.21. The minimum atomic E-state index is -1.03. The lowest BCUT2D eigenvalue weighted by Gasteiger charge is -2.04. The molecule has 2 aromatic rings. The van der Waals surface area contributed by atoms with Crippen LogP contribution in [0.25, 0.3) is 10.8 Å². The van der Waals surface area contributed by atoms with Crippen molar-refractivity contribution in [2.24, 2.45) is 0 Å². The van der Waals surface area contributed by atoms with Gasteiger partial charge in [0.2, 0.25) is 0 Å². The first-order chi connectivity index (χ1) is 7.13. The zero-order chi connectivity index (χ0) is 11.0. The number of fused-ring (bicyclic) bond motifs is 1. The first-order valence-corrected chi connectivity index (χ1v) is 4.21. The minimum absolute atomic E-state index is 0.0171. The van der Waals surface area contributed by atoms with Crippen molar-refractivity contribution >= 4 is 10.8 Å². The van der Waals surface area contributed by atoms with E-state index in [4.69, 9.17) is 6.42 Å². The second kappa shape index (κ2) is 3.25. The van der Waals surface area contributed by atoms with E-state index < -0.39 is 11.6 Å². The summed E-state index contributed by atoms with van der Waals surface area (Å²) >= 11 is 0. The number of aromatic hydroxyl groups is 1. The Hall–Kier alpha value is -2.08. The molecule has 0 radical (unpaired) electrons. The van der Waals surface area contributed by atoms with Crippen molar-refractivity contribution in [1.82, 2.24) is 0 Å². The third kappa shape index (κ3) is 1.40. The fourth-order valence-electron chi connectivity index (χ4n) is 1.48. The zero-order valence-electron chi connectivity index (χ0n) is 7.59. The summed E-state index contributed by atoms with van der Waals surface area (Å²) < 4.78 is 26.3. The Morgan fingerprint density at radius 2 is 1.93 bits per heavy atom. The summed E-state index contributed by atoms with van der Waals surface area (Å²) in [6, 6.07) is 5.17. The van der Waals surface area contributed by atoms with Gasteiger partial charge in [0.15, 0.2) is 11.6 Å². The number of phenolic OH excluding ortho intramolecular Hbond substituents is 1. The Balaban J connectivity index is 2.96. The average molecular weight is 204 g/mol. The monoisotopic (exact) mass is 204 g/mol. The van der Waals surface area contributed by atoms with Crippen molar-refractivity contribution in [3.8, 4) is 18.1 Å². The summed E-state index contributed by atoms with van der Waals surface area (Å²) in [5.41, 5.74) is -0.120. The Morgan fingerprint density at radius 1 is 1.20 bits per heavy atom. The van der Waals surface area contributed by atoms with E-state index in [1.54, 1.807) is 0 Å². The van der Waals surface area contributed by atoms with Gasteiger partial charge in [0.05, 0.1) is 5.56 Å². The van der Waals surface area contributed by atoms with Gasteiger partial charge in [-0.1, -0.05) is 5.92 Å². The highest BCUT2D eigenvalue weighted by atomic mass is 19.2. The van der Waals surface area contributed by atoms with E-state index in [2.05, 4.69) is 5.92 Å². The van der Waals surface area contributed by atoms with Gasteiger partial charge in [-0.25, -0.2) is 8.78 Å². The van der Waals surface area contributed by atoms with Crippen LogP contribution in [0.4, 0.5) is 8.78 Å². The molecule has 0 fully saturated rings. The maximum absolute atomic E-state index is 13.3. The maximum atomic E-state index is 13.3. The van der Waals surface area contributed by atoms with Crippen molar-refractivity contribution < 1.29 is 13.9 Å². The fourth-order valence-corrected chi connectivity index (χ4v) is 1.48. The Morgan fingerprint density at radius 3 is 2.60 bits per heavy atom. The molecular weight excluding hydrogens is 198 g/mol. The number of phenols is 1. The van der Waals surface area contributed by atoms with Gasteiger partial charge in [0.25, 0.3) is 0 Å². The van der Waals surface area contributed by atoms with E-state index in [-0.39, 0.29) is 11.3 Å². The Labute approximate surface area is 85.0 Å². The molecule has 0 spiro atoms. The van der Waals surface area contributed by atoms with Gasteiger partial charge in [-0.2, -0.15) is 0 Å². The van der Waals surface area contributed by atoms with Crippen molar-refractivity contribution in [2.75, 3.05) is 0 Å². The molecule has 0 saturated carbocycles. The van der Waals surface area contributed by atoms with Crippen LogP contribution < -0.4 is 0 Å². The maximum Gasteiger partial charge on any atom is 0.175 e. The van der Waals surface area contributed by atoms with E-state index in [1.807, 2.05) is 0 Å². The summed E-state index contributed by atoms with van der Waals surface area (Å²) in [5, 5.41) is 9.97. The molecule has 2 aromatic carbocycles. The largest absolute Gasteiger partial charge is 0.508 e. The van der Waals surface area contributed by atoms with Crippen molar-refractivity contribution in [2.45, 2.75) is 0 Å². The van der Waals surface area contributed by atoms with Crippen LogP contribution in [0.15, 0.2) is 24.3 Å². The van der Waals surface area contributed by atoms with Crippen molar-refractivity contribution in [3.05, 3.63) is 41.5 Å². The smallest absolute Gasteiger partial charge is 0.175 e. The van der Waals surface area contributed by atoms with E-state index in [1.165, 1.54) is 18.2 Å². The molecule has 0 aliphatic heterocycles. The van der Waals surface area contributed by atoms with E-state index in [0.29, 0.717) is 10.8 Å². The predicted octanol–water partition coefficient (Wildman–Crippen LogP) is 2.80. The molecule has 74 valence electrons. The second-order valence-corrected chi connectivity index (χ2v) is 3.10. The SMILES string of the molecule is C#Cc1c(F)c(F)cc2cc(O)ccc12. The second-order valence-electron chi connectivity index (χ2n) is 3.10. The van der Waals surface area contributed by atoms with Crippen LogP contribution in [0.3, 0.4) is 0 Å². The molecule has 0 amide bonds. The first kappa shape index (κ1) is 9.47. The zero-order valence-corrected chi connectivity index (χ0v) is 7.59. The van der Waals surface area contributed by atoms with Gasteiger partial charge < -0.3 is 5.11 Å². The van der Waals surface area contributed by atoms with Crippen molar-refractivity contribution in [3.63, 3.8) is 0 Å². The van der Waals surface area contributed by atoms with Gasteiger partial charge >= 0.3 is 0 Å². The summed E-state index contributed by atoms with van der Waals surface area (Å²) in [6.07, 6.45) is 5.10. The van der Waals surface area contributed by atoms with Gasteiger partial charge in [0.1, 0.15) is 5.75 Å². The van der Waals surface area contributed by atoms with Crippen LogP contribution in [0.1, 0.15) is 5.56 Å². The summed E-state index contributed by atoms with van der Waals surface area (Å²) in [4.78, 5) is 0. The molecule has 0 atom stereocenters. The number of halogens is 2. The highest BCUT2D eigenvalue weighted by Gasteiger charge is 2.11. The van der Waals surface area contributed by atoms with Gasteiger partial charge in [-0.15, -0.1) is 6.42 Å². The van der Waals surface area contributed by atoms with E-state index >= 15 is 0 Å². The molecule has 3 heteroatoms. The molecular formula is C12H6F2O. The van der Waals surface area contributed by atoms with Crippen LogP contribution in [0.5, 0.6) is 5.75 Å². The Bertz CT molecular complexity index is 582. The molecule has 1 N–H and O–H groups in total. The number of rotatable bonds is 0. The highest BCUT2D eigenvalue weighted by molar-refractivity contribution is 5.89. The Kier molecular flexibility index (Phi) is 2.05. The minimum Gasteiger partial charge on any atom is -0.508 e. The summed E-state index contributed by atoms with van der Waals surface area (Å²) in [6.45, 7) is 0. The number of hydrogen-bond donors (Lipinski definition) is 1. The lowest BCUT2D eigenvalue weighted by atomic mass is 10.0. The molecule has 15 heavy (non-hydrogen) atoms. The van der Waals surface area contributed by atoms with Gasteiger partial charge in [-0.3, -0.25) is 0 Å². The summed E-state index contributed by atoms with van der Waals surface area (Å²) in [7, 11) is 0. The lowest BCUT2D eigenvalue weighted by molar-refractivity contribution is 0.476. The fraction of sp³-hybridized carbons (Fsp3) is 0. The number of hydrogen-bond acceptors (Lipinski definition) is 1. The average Bonchev–Trinajstić information content (AvgIpc) is 2.20. The standard InChI is InChI=1S/C12H6F2O/c1-2-9-10-4-3-8(15)5-7(10)6-11(13)12(9)14/h1,3-6,15H. The lowest BCUT2D eigenvalue weighted by Crippen LogP contribution is -1.91. The molecule has 0 saturated heterocycles.